The summed E-state index contributed by atoms with van der Waals surface area (Å²) in [7, 11) is 0. The third-order valence-electron chi connectivity index (χ3n) is 4.73. The molecule has 0 aliphatic carbocycles. The van der Waals surface area contributed by atoms with E-state index in [1.165, 1.54) is 6.07 Å². The summed E-state index contributed by atoms with van der Waals surface area (Å²) in [6.07, 6.45) is 0.290. The number of hydrogen-bond acceptors (Lipinski definition) is 4. The maximum absolute atomic E-state index is 13.2. The molecule has 2 N–H and O–H groups in total. The zero-order valence-electron chi connectivity index (χ0n) is 16.1. The summed E-state index contributed by atoms with van der Waals surface area (Å²) in [4.78, 5) is 12.2. The van der Waals surface area contributed by atoms with Crippen molar-refractivity contribution in [2.45, 2.75) is 19.5 Å². The van der Waals surface area contributed by atoms with Gasteiger partial charge in [0, 0.05) is 18.8 Å². The molecule has 0 atom stereocenters. The van der Waals surface area contributed by atoms with Gasteiger partial charge in [0.05, 0.1) is 11.4 Å². The molecule has 0 saturated carbocycles. The second-order valence-electron chi connectivity index (χ2n) is 6.94. The molecule has 7 heteroatoms. The van der Waals surface area contributed by atoms with Gasteiger partial charge in [0.2, 0.25) is 12.7 Å². The van der Waals surface area contributed by atoms with E-state index in [0.29, 0.717) is 25.3 Å². The van der Waals surface area contributed by atoms with Gasteiger partial charge >= 0.3 is 0 Å². The largest absolute Gasteiger partial charge is 0.454 e. The van der Waals surface area contributed by atoms with Gasteiger partial charge in [0.15, 0.2) is 11.5 Å². The van der Waals surface area contributed by atoms with Crippen LogP contribution in [0.25, 0.3) is 0 Å². The normalized spacial score (nSPS) is 11.9. The Balaban J connectivity index is 1.25. The smallest absolute Gasteiger partial charge is 0.231 e. The summed E-state index contributed by atoms with van der Waals surface area (Å²) >= 11 is 5.80. The summed E-state index contributed by atoms with van der Waals surface area (Å²) in [6, 6.07) is 17.9. The van der Waals surface area contributed by atoms with Crippen molar-refractivity contribution in [2.24, 2.45) is 0 Å². The maximum Gasteiger partial charge on any atom is 0.231 e. The number of nitrogens with one attached hydrogen (secondary N) is 2. The lowest BCUT2D eigenvalue weighted by molar-refractivity contribution is -0.120. The van der Waals surface area contributed by atoms with Crippen LogP contribution in [0.1, 0.15) is 16.7 Å². The molecule has 5 nitrogen and oxygen atoms in total. The van der Waals surface area contributed by atoms with Crippen molar-refractivity contribution in [3.05, 3.63) is 88.2 Å². The van der Waals surface area contributed by atoms with Crippen LogP contribution in [0.4, 0.5) is 10.1 Å². The van der Waals surface area contributed by atoms with E-state index in [-0.39, 0.29) is 17.7 Å². The first kappa shape index (κ1) is 20.0. The predicted octanol–water partition coefficient (Wildman–Crippen LogP) is 4.68. The second-order valence-corrected chi connectivity index (χ2v) is 7.35. The molecule has 0 aromatic heterocycles. The number of carbonyl (C=O) groups is 1. The Morgan fingerprint density at radius 2 is 1.60 bits per heavy atom. The molecule has 0 bridgehead atoms. The fraction of sp³-hybridized carbons (Fsp3) is 0.174. The second kappa shape index (κ2) is 9.05. The standard InChI is InChI=1S/C23H20ClFN2O3/c24-19-9-16(3-7-20(19)25)12-26-18-5-1-15(2-6-18)11-23(28)27-13-17-4-8-21-22(10-17)30-14-29-21/h1-10,26H,11-14H2,(H,27,28). The first-order valence-electron chi connectivity index (χ1n) is 9.49. The molecule has 0 saturated heterocycles. The lowest BCUT2D eigenvalue weighted by Gasteiger charge is -2.09. The molecule has 0 fully saturated rings. The summed E-state index contributed by atoms with van der Waals surface area (Å²) in [5.74, 6) is 0.935. The van der Waals surface area contributed by atoms with Crippen LogP contribution in [0, 0.1) is 5.82 Å². The minimum absolute atomic E-state index is 0.0608. The summed E-state index contributed by atoms with van der Waals surface area (Å²) < 4.78 is 23.9. The van der Waals surface area contributed by atoms with Gasteiger partial charge < -0.3 is 20.1 Å². The number of halogens is 2. The van der Waals surface area contributed by atoms with Crippen LogP contribution in [0.5, 0.6) is 11.5 Å². The Hall–Kier alpha value is -3.25. The number of fused-ring (bicyclic) bond motifs is 1. The first-order valence-corrected chi connectivity index (χ1v) is 9.86. The van der Waals surface area contributed by atoms with E-state index >= 15 is 0 Å². The first-order chi connectivity index (χ1) is 14.6. The highest BCUT2D eigenvalue weighted by Gasteiger charge is 2.13. The predicted molar refractivity (Wildman–Crippen MR) is 113 cm³/mol. The van der Waals surface area contributed by atoms with E-state index < -0.39 is 5.82 Å². The molecule has 4 rings (SSSR count). The quantitative estimate of drug-likeness (QED) is 0.576. The number of ether oxygens (including phenoxy) is 2. The van der Waals surface area contributed by atoms with Gasteiger partial charge in [-0.2, -0.15) is 0 Å². The molecule has 1 aliphatic heterocycles. The third kappa shape index (κ3) is 5.02. The summed E-state index contributed by atoms with van der Waals surface area (Å²) in [5.41, 5.74) is 3.65. The molecule has 3 aromatic rings. The Morgan fingerprint density at radius 3 is 2.40 bits per heavy atom. The molecule has 3 aromatic carbocycles. The zero-order chi connectivity index (χ0) is 20.9. The van der Waals surface area contributed by atoms with E-state index in [9.17, 15) is 9.18 Å². The molecule has 0 unspecified atom stereocenters. The van der Waals surface area contributed by atoms with Gasteiger partial charge in [-0.15, -0.1) is 0 Å². The van der Waals surface area contributed by atoms with Crippen LogP contribution < -0.4 is 20.1 Å². The Bertz CT molecular complexity index is 1060. The molecule has 30 heavy (non-hydrogen) atoms. The van der Waals surface area contributed by atoms with E-state index in [1.807, 2.05) is 42.5 Å². The van der Waals surface area contributed by atoms with Gasteiger partial charge in [-0.05, 0) is 53.1 Å². The lowest BCUT2D eigenvalue weighted by Crippen LogP contribution is -2.24. The van der Waals surface area contributed by atoms with Gasteiger partial charge in [-0.3, -0.25) is 4.79 Å². The molecular weight excluding hydrogens is 407 g/mol. The van der Waals surface area contributed by atoms with Crippen molar-refractivity contribution >= 4 is 23.2 Å². The van der Waals surface area contributed by atoms with Gasteiger partial charge in [-0.1, -0.05) is 35.9 Å². The monoisotopic (exact) mass is 426 g/mol. The molecule has 0 radical (unpaired) electrons. The molecule has 1 aliphatic rings. The third-order valence-corrected chi connectivity index (χ3v) is 5.02. The van der Waals surface area contributed by atoms with Crippen LogP contribution in [0.3, 0.4) is 0 Å². The van der Waals surface area contributed by atoms with Crippen LogP contribution in [0.15, 0.2) is 60.7 Å². The van der Waals surface area contributed by atoms with Crippen molar-refractivity contribution in [1.82, 2.24) is 5.32 Å². The summed E-state index contributed by atoms with van der Waals surface area (Å²) in [5, 5.41) is 6.27. The molecule has 1 heterocycles. The number of rotatable bonds is 7. The van der Waals surface area contributed by atoms with Crippen LogP contribution in [-0.2, 0) is 24.3 Å². The average Bonchev–Trinajstić information content (AvgIpc) is 3.22. The number of carbonyl (C=O) groups excluding carboxylic acids is 1. The highest BCUT2D eigenvalue weighted by atomic mass is 35.5. The van der Waals surface area contributed by atoms with Crippen molar-refractivity contribution in [3.8, 4) is 11.5 Å². The van der Waals surface area contributed by atoms with Gasteiger partial charge in [0.1, 0.15) is 5.82 Å². The van der Waals surface area contributed by atoms with Crippen LogP contribution >= 0.6 is 11.6 Å². The highest BCUT2D eigenvalue weighted by Crippen LogP contribution is 2.32. The topological polar surface area (TPSA) is 59.6 Å². The minimum Gasteiger partial charge on any atom is -0.454 e. The van der Waals surface area contributed by atoms with Crippen LogP contribution in [-0.4, -0.2) is 12.7 Å². The van der Waals surface area contributed by atoms with E-state index in [0.717, 1.165) is 28.1 Å². The SMILES string of the molecule is O=C(Cc1ccc(NCc2ccc(F)c(Cl)c2)cc1)NCc1ccc2c(c1)OCO2. The van der Waals surface area contributed by atoms with Crippen molar-refractivity contribution < 1.29 is 18.7 Å². The highest BCUT2D eigenvalue weighted by molar-refractivity contribution is 6.30. The van der Waals surface area contributed by atoms with Crippen molar-refractivity contribution in [1.29, 1.82) is 0 Å². The average molecular weight is 427 g/mol. The zero-order valence-corrected chi connectivity index (χ0v) is 16.8. The van der Waals surface area contributed by atoms with Crippen molar-refractivity contribution in [2.75, 3.05) is 12.1 Å². The molecule has 1 amide bonds. The Morgan fingerprint density at radius 1 is 0.900 bits per heavy atom. The van der Waals surface area contributed by atoms with E-state index in [1.54, 1.807) is 12.1 Å². The fourth-order valence-electron chi connectivity index (χ4n) is 3.09. The van der Waals surface area contributed by atoms with E-state index in [2.05, 4.69) is 10.6 Å². The maximum atomic E-state index is 13.2. The Kier molecular flexibility index (Phi) is 6.05. The fourth-order valence-corrected chi connectivity index (χ4v) is 3.30. The van der Waals surface area contributed by atoms with E-state index in [4.69, 9.17) is 21.1 Å². The number of benzene rings is 3. The molecular formula is C23H20ClFN2O3. The number of anilines is 1. The lowest BCUT2D eigenvalue weighted by atomic mass is 10.1. The minimum atomic E-state index is -0.429. The van der Waals surface area contributed by atoms with Gasteiger partial charge in [0.25, 0.3) is 0 Å². The van der Waals surface area contributed by atoms with Gasteiger partial charge in [-0.25, -0.2) is 4.39 Å². The molecule has 154 valence electrons. The molecule has 0 spiro atoms. The number of amides is 1. The van der Waals surface area contributed by atoms with Crippen LogP contribution in [0.2, 0.25) is 5.02 Å². The number of hydrogen-bond donors (Lipinski definition) is 2. The summed E-state index contributed by atoms with van der Waals surface area (Å²) in [6.45, 7) is 1.18. The van der Waals surface area contributed by atoms with Crippen molar-refractivity contribution in [3.63, 3.8) is 0 Å². The Labute approximate surface area is 178 Å².